The number of imidazole rings is 1. The molecule has 0 radical (unpaired) electrons. The monoisotopic (exact) mass is 416 g/mol. The summed E-state index contributed by atoms with van der Waals surface area (Å²) < 4.78 is 4.75. The van der Waals surface area contributed by atoms with Gasteiger partial charge in [0.25, 0.3) is 0 Å². The molecule has 1 aliphatic rings. The minimum Gasteiger partial charge on any atom is -0.317 e. The molecule has 3 aromatic heterocycles. The van der Waals surface area contributed by atoms with Crippen molar-refractivity contribution in [1.82, 2.24) is 29.7 Å². The van der Waals surface area contributed by atoms with Crippen LogP contribution in [-0.4, -0.2) is 37.5 Å². The molecule has 4 heterocycles. The Labute approximate surface area is 157 Å². The lowest BCUT2D eigenvalue weighted by atomic mass is 9.95. The number of nitrogens with one attached hydrogen (secondary N) is 1. The van der Waals surface area contributed by atoms with Gasteiger partial charge in [0, 0.05) is 34.6 Å². The van der Waals surface area contributed by atoms with Crippen molar-refractivity contribution in [2.45, 2.75) is 18.8 Å². The molecule has 1 N–H and O–H groups in total. The number of halogens is 1. The van der Waals surface area contributed by atoms with Gasteiger partial charge in [0.1, 0.15) is 10.5 Å². The average Bonchev–Trinajstić information content (AvgIpc) is 3.27. The van der Waals surface area contributed by atoms with E-state index < -0.39 is 0 Å². The van der Waals surface area contributed by atoms with E-state index in [1.165, 1.54) is 5.69 Å². The molecule has 0 amide bonds. The molecule has 4 aromatic rings. The Morgan fingerprint density at radius 3 is 2.84 bits per heavy atom. The Morgan fingerprint density at radius 1 is 1.20 bits per heavy atom. The third-order valence-corrected chi connectivity index (χ3v) is 6.32. The van der Waals surface area contributed by atoms with Gasteiger partial charge in [-0.15, -0.1) is 0 Å². The SMILES string of the molecule is Cn1cc2cc(-c3nn4cc(C5CCNCC5)nc4s3)cc(Br)c2n1. The molecule has 1 aliphatic heterocycles. The summed E-state index contributed by atoms with van der Waals surface area (Å²) in [6, 6.07) is 4.22. The van der Waals surface area contributed by atoms with Crippen LogP contribution >= 0.6 is 27.3 Å². The molecule has 128 valence electrons. The van der Waals surface area contributed by atoms with Crippen LogP contribution in [0.1, 0.15) is 24.5 Å². The van der Waals surface area contributed by atoms with Crippen molar-refractivity contribution < 1.29 is 0 Å². The molecule has 0 saturated carbocycles. The highest BCUT2D eigenvalue weighted by Crippen LogP contribution is 2.33. The molecular weight excluding hydrogens is 400 g/mol. The van der Waals surface area contributed by atoms with Crippen molar-refractivity contribution in [3.8, 4) is 10.6 Å². The highest BCUT2D eigenvalue weighted by Gasteiger charge is 2.20. The smallest absolute Gasteiger partial charge is 0.212 e. The van der Waals surface area contributed by atoms with Crippen molar-refractivity contribution in [3.63, 3.8) is 0 Å². The van der Waals surface area contributed by atoms with Crippen LogP contribution in [0, 0.1) is 0 Å². The highest BCUT2D eigenvalue weighted by atomic mass is 79.9. The van der Waals surface area contributed by atoms with Crippen molar-refractivity contribution in [3.05, 3.63) is 34.7 Å². The summed E-state index contributed by atoms with van der Waals surface area (Å²) in [4.78, 5) is 5.80. The van der Waals surface area contributed by atoms with Gasteiger partial charge in [0.05, 0.1) is 11.9 Å². The van der Waals surface area contributed by atoms with E-state index in [2.05, 4.69) is 44.7 Å². The fraction of sp³-hybridized carbons (Fsp3) is 0.353. The van der Waals surface area contributed by atoms with Crippen LogP contribution in [0.25, 0.3) is 26.4 Å². The minimum absolute atomic E-state index is 0.555. The number of benzene rings is 1. The van der Waals surface area contributed by atoms with Gasteiger partial charge in [-0.1, -0.05) is 11.3 Å². The molecular formula is C17H17BrN6S. The van der Waals surface area contributed by atoms with Gasteiger partial charge in [-0.25, -0.2) is 9.50 Å². The van der Waals surface area contributed by atoms with Crippen molar-refractivity contribution in [1.29, 1.82) is 0 Å². The Morgan fingerprint density at radius 2 is 2.04 bits per heavy atom. The minimum atomic E-state index is 0.555. The van der Waals surface area contributed by atoms with Crippen molar-refractivity contribution >= 4 is 43.1 Å². The van der Waals surface area contributed by atoms with Gasteiger partial charge >= 0.3 is 0 Å². The van der Waals surface area contributed by atoms with Crippen LogP contribution in [-0.2, 0) is 7.05 Å². The number of hydrogen-bond donors (Lipinski definition) is 1. The highest BCUT2D eigenvalue weighted by molar-refractivity contribution is 9.10. The normalized spacial score (nSPS) is 16.2. The fourth-order valence-corrected chi connectivity index (χ4v) is 4.91. The van der Waals surface area contributed by atoms with Gasteiger partial charge in [0.15, 0.2) is 0 Å². The van der Waals surface area contributed by atoms with Crippen LogP contribution in [0.3, 0.4) is 0 Å². The summed E-state index contributed by atoms with van der Waals surface area (Å²) in [5.41, 5.74) is 3.24. The second-order valence-corrected chi connectivity index (χ2v) is 8.33. The first-order chi connectivity index (χ1) is 12.2. The fourth-order valence-electron chi connectivity index (χ4n) is 3.48. The largest absolute Gasteiger partial charge is 0.317 e. The molecule has 0 spiro atoms. The Kier molecular flexibility index (Phi) is 3.65. The lowest BCUT2D eigenvalue weighted by Crippen LogP contribution is -2.26. The van der Waals surface area contributed by atoms with Crippen LogP contribution in [0.15, 0.2) is 29.0 Å². The second-order valence-electron chi connectivity index (χ2n) is 6.52. The molecule has 0 atom stereocenters. The van der Waals surface area contributed by atoms with Gasteiger partial charge in [-0.2, -0.15) is 10.2 Å². The predicted molar refractivity (Wildman–Crippen MR) is 103 cm³/mol. The maximum Gasteiger partial charge on any atom is 0.212 e. The maximum atomic E-state index is 4.83. The molecule has 0 unspecified atom stereocenters. The van der Waals surface area contributed by atoms with Gasteiger partial charge in [-0.05, 0) is 54.0 Å². The standard InChI is InChI=1S/C17H17BrN6S/c1-23-8-12-6-11(7-13(18)15(12)21-23)16-22-24-9-14(20-17(24)25-16)10-2-4-19-5-3-10/h6-10,19H,2-5H2,1H3. The number of aryl methyl sites for hydroxylation is 1. The van der Waals surface area contributed by atoms with E-state index >= 15 is 0 Å². The van der Waals surface area contributed by atoms with Gasteiger partial charge in [-0.3, -0.25) is 4.68 Å². The third-order valence-electron chi connectivity index (χ3n) is 4.74. The quantitative estimate of drug-likeness (QED) is 0.542. The van der Waals surface area contributed by atoms with Crippen molar-refractivity contribution in [2.75, 3.05) is 13.1 Å². The predicted octanol–water partition coefficient (Wildman–Crippen LogP) is 3.57. The summed E-state index contributed by atoms with van der Waals surface area (Å²) in [6.07, 6.45) is 6.44. The summed E-state index contributed by atoms with van der Waals surface area (Å²) in [5, 5.41) is 14.7. The zero-order valence-corrected chi connectivity index (χ0v) is 16.1. The molecule has 6 nitrogen and oxygen atoms in total. The lowest BCUT2D eigenvalue weighted by Gasteiger charge is -2.20. The van der Waals surface area contributed by atoms with Crippen LogP contribution < -0.4 is 5.32 Å². The number of fused-ring (bicyclic) bond motifs is 2. The van der Waals surface area contributed by atoms with E-state index in [9.17, 15) is 0 Å². The molecule has 5 rings (SSSR count). The topological polar surface area (TPSA) is 60.0 Å². The number of nitrogens with zero attached hydrogens (tertiary/aromatic N) is 5. The number of piperidine rings is 1. The van der Waals surface area contributed by atoms with E-state index in [0.717, 1.165) is 56.8 Å². The Bertz CT molecular complexity index is 1040. The van der Waals surface area contributed by atoms with E-state index in [1.54, 1.807) is 11.3 Å². The maximum absolute atomic E-state index is 4.83. The second kappa shape index (κ2) is 5.89. The molecule has 0 bridgehead atoms. The Balaban J connectivity index is 1.53. The van der Waals surface area contributed by atoms with Crippen LogP contribution in [0.5, 0.6) is 0 Å². The van der Waals surface area contributed by atoms with E-state index in [-0.39, 0.29) is 0 Å². The summed E-state index contributed by atoms with van der Waals surface area (Å²) >= 11 is 5.27. The first kappa shape index (κ1) is 15.5. The average molecular weight is 417 g/mol. The lowest BCUT2D eigenvalue weighted by molar-refractivity contribution is 0.454. The van der Waals surface area contributed by atoms with E-state index in [1.807, 2.05) is 22.4 Å². The summed E-state index contributed by atoms with van der Waals surface area (Å²) in [6.45, 7) is 2.15. The number of rotatable bonds is 2. The van der Waals surface area contributed by atoms with E-state index in [0.29, 0.717) is 5.92 Å². The molecule has 25 heavy (non-hydrogen) atoms. The molecule has 1 saturated heterocycles. The summed E-state index contributed by atoms with van der Waals surface area (Å²) in [7, 11) is 1.94. The zero-order chi connectivity index (χ0) is 17.0. The zero-order valence-electron chi connectivity index (χ0n) is 13.7. The molecule has 8 heteroatoms. The Hall–Kier alpha value is -1.77. The van der Waals surface area contributed by atoms with Gasteiger partial charge in [0.2, 0.25) is 4.96 Å². The molecule has 0 aliphatic carbocycles. The molecule has 1 fully saturated rings. The molecule has 1 aromatic carbocycles. The van der Waals surface area contributed by atoms with Gasteiger partial charge < -0.3 is 5.32 Å². The van der Waals surface area contributed by atoms with E-state index in [4.69, 9.17) is 10.1 Å². The summed E-state index contributed by atoms with van der Waals surface area (Å²) in [5.74, 6) is 0.555. The third kappa shape index (κ3) is 2.68. The number of hydrogen-bond acceptors (Lipinski definition) is 5. The van der Waals surface area contributed by atoms with Crippen molar-refractivity contribution in [2.24, 2.45) is 7.05 Å². The first-order valence-electron chi connectivity index (χ1n) is 8.37. The van der Waals surface area contributed by atoms with Crippen LogP contribution in [0.2, 0.25) is 0 Å². The van der Waals surface area contributed by atoms with Crippen LogP contribution in [0.4, 0.5) is 0 Å². The number of aromatic nitrogens is 5. The first-order valence-corrected chi connectivity index (χ1v) is 9.98.